The van der Waals surface area contributed by atoms with Gasteiger partial charge >= 0.3 is 0 Å². The Morgan fingerprint density at radius 3 is 2.86 bits per heavy atom. The topological polar surface area (TPSA) is 26.0 Å². The second-order valence-electron chi connectivity index (χ2n) is 4.96. The molecule has 1 aliphatic rings. The fourth-order valence-corrected chi connectivity index (χ4v) is 2.37. The van der Waals surface area contributed by atoms with Crippen LogP contribution >= 0.6 is 0 Å². The quantitative estimate of drug-likeness (QED) is 0.673. The summed E-state index contributed by atoms with van der Waals surface area (Å²) in [4.78, 5) is 0. The molecule has 1 unspecified atom stereocenters. The second kappa shape index (κ2) is 3.06. The fraction of sp³-hybridized carbons (Fsp3) is 0.500. The van der Waals surface area contributed by atoms with E-state index >= 15 is 0 Å². The standard InChI is InChI=1S/C12H16FN/c1-12(2)6-9-8(11(14)7-12)4-3-5-10(9)13/h3-5,11H,6-7,14H2,1-2H3. The normalized spacial score (nSPS) is 24.4. The number of hydrogen-bond donors (Lipinski definition) is 1. The molecule has 0 fully saturated rings. The van der Waals surface area contributed by atoms with Crippen molar-refractivity contribution in [2.24, 2.45) is 11.1 Å². The van der Waals surface area contributed by atoms with Crippen molar-refractivity contribution in [1.82, 2.24) is 0 Å². The van der Waals surface area contributed by atoms with Crippen LogP contribution in [0.1, 0.15) is 37.4 Å². The van der Waals surface area contributed by atoms with Gasteiger partial charge in [0.2, 0.25) is 0 Å². The minimum absolute atomic E-state index is 0.00977. The van der Waals surface area contributed by atoms with E-state index in [1.807, 2.05) is 6.07 Å². The number of benzene rings is 1. The molecule has 2 heteroatoms. The largest absolute Gasteiger partial charge is 0.324 e. The van der Waals surface area contributed by atoms with Gasteiger partial charge in [-0.1, -0.05) is 26.0 Å². The molecular formula is C12H16FN. The van der Waals surface area contributed by atoms with E-state index in [2.05, 4.69) is 13.8 Å². The lowest BCUT2D eigenvalue weighted by Crippen LogP contribution is -2.30. The zero-order valence-corrected chi connectivity index (χ0v) is 8.68. The van der Waals surface area contributed by atoms with Gasteiger partial charge in [-0.25, -0.2) is 4.39 Å². The first-order valence-corrected chi connectivity index (χ1v) is 5.02. The summed E-state index contributed by atoms with van der Waals surface area (Å²) in [5.41, 5.74) is 7.95. The van der Waals surface area contributed by atoms with Gasteiger partial charge in [0, 0.05) is 6.04 Å². The molecule has 0 bridgehead atoms. The Kier molecular flexibility index (Phi) is 2.11. The maximum Gasteiger partial charge on any atom is 0.126 e. The van der Waals surface area contributed by atoms with E-state index in [1.54, 1.807) is 6.07 Å². The summed E-state index contributed by atoms with van der Waals surface area (Å²) in [6, 6.07) is 5.20. The second-order valence-corrected chi connectivity index (χ2v) is 4.96. The van der Waals surface area contributed by atoms with Gasteiger partial charge in [0.25, 0.3) is 0 Å². The molecule has 2 rings (SSSR count). The summed E-state index contributed by atoms with van der Waals surface area (Å²) in [7, 11) is 0. The molecule has 14 heavy (non-hydrogen) atoms. The molecule has 0 spiro atoms. The third kappa shape index (κ3) is 1.55. The summed E-state index contributed by atoms with van der Waals surface area (Å²) >= 11 is 0. The van der Waals surface area contributed by atoms with Gasteiger partial charge in [0.1, 0.15) is 5.82 Å². The predicted octanol–water partition coefficient (Wildman–Crippen LogP) is 2.80. The number of fused-ring (bicyclic) bond motifs is 1. The van der Waals surface area contributed by atoms with Crippen molar-refractivity contribution < 1.29 is 4.39 Å². The minimum Gasteiger partial charge on any atom is -0.324 e. The highest BCUT2D eigenvalue weighted by atomic mass is 19.1. The minimum atomic E-state index is -0.106. The highest BCUT2D eigenvalue weighted by Crippen LogP contribution is 2.40. The van der Waals surface area contributed by atoms with Crippen LogP contribution in [0.3, 0.4) is 0 Å². The summed E-state index contributed by atoms with van der Waals surface area (Å²) in [6.45, 7) is 4.28. The van der Waals surface area contributed by atoms with Crippen LogP contribution in [0.4, 0.5) is 4.39 Å². The molecule has 76 valence electrons. The van der Waals surface area contributed by atoms with Crippen molar-refractivity contribution in [2.45, 2.75) is 32.7 Å². The van der Waals surface area contributed by atoms with Gasteiger partial charge in [-0.2, -0.15) is 0 Å². The van der Waals surface area contributed by atoms with Crippen LogP contribution in [0.25, 0.3) is 0 Å². The van der Waals surface area contributed by atoms with Crippen molar-refractivity contribution in [2.75, 3.05) is 0 Å². The molecule has 0 aromatic heterocycles. The molecule has 1 aromatic rings. The molecule has 0 aliphatic heterocycles. The lowest BCUT2D eigenvalue weighted by molar-refractivity contribution is 0.277. The molecule has 0 amide bonds. The first kappa shape index (κ1) is 9.66. The lowest BCUT2D eigenvalue weighted by atomic mass is 9.72. The van der Waals surface area contributed by atoms with Gasteiger partial charge in [-0.15, -0.1) is 0 Å². The number of nitrogens with two attached hydrogens (primary N) is 1. The smallest absolute Gasteiger partial charge is 0.126 e. The molecular weight excluding hydrogens is 177 g/mol. The summed E-state index contributed by atoms with van der Waals surface area (Å²) in [5, 5.41) is 0. The third-order valence-corrected chi connectivity index (χ3v) is 2.98. The van der Waals surface area contributed by atoms with Gasteiger partial charge in [0.05, 0.1) is 0 Å². The molecule has 2 N–H and O–H groups in total. The maximum atomic E-state index is 13.5. The van der Waals surface area contributed by atoms with E-state index in [-0.39, 0.29) is 17.3 Å². The van der Waals surface area contributed by atoms with E-state index in [9.17, 15) is 4.39 Å². The molecule has 1 nitrogen and oxygen atoms in total. The van der Waals surface area contributed by atoms with Crippen molar-refractivity contribution in [1.29, 1.82) is 0 Å². The highest BCUT2D eigenvalue weighted by molar-refractivity contribution is 5.34. The van der Waals surface area contributed by atoms with Gasteiger partial charge in [0.15, 0.2) is 0 Å². The Balaban J connectivity index is 2.51. The van der Waals surface area contributed by atoms with Crippen molar-refractivity contribution >= 4 is 0 Å². The van der Waals surface area contributed by atoms with Crippen molar-refractivity contribution in [3.63, 3.8) is 0 Å². The maximum absolute atomic E-state index is 13.5. The van der Waals surface area contributed by atoms with Gasteiger partial charge < -0.3 is 5.73 Å². The molecule has 0 radical (unpaired) electrons. The fourth-order valence-electron chi connectivity index (χ4n) is 2.37. The molecule has 0 saturated heterocycles. The Bertz CT molecular complexity index is 357. The number of rotatable bonds is 0. The molecule has 0 heterocycles. The monoisotopic (exact) mass is 193 g/mol. The number of hydrogen-bond acceptors (Lipinski definition) is 1. The lowest BCUT2D eigenvalue weighted by Gasteiger charge is -2.35. The van der Waals surface area contributed by atoms with E-state index in [4.69, 9.17) is 5.73 Å². The average molecular weight is 193 g/mol. The van der Waals surface area contributed by atoms with Crippen LogP contribution in [-0.4, -0.2) is 0 Å². The summed E-state index contributed by atoms with van der Waals surface area (Å²) < 4.78 is 13.5. The van der Waals surface area contributed by atoms with Crippen LogP contribution in [0, 0.1) is 11.2 Å². The molecule has 0 saturated carbocycles. The van der Waals surface area contributed by atoms with Gasteiger partial charge in [-0.05, 0) is 35.4 Å². The molecule has 1 aliphatic carbocycles. The third-order valence-electron chi connectivity index (χ3n) is 2.98. The average Bonchev–Trinajstić information content (AvgIpc) is 2.05. The zero-order valence-electron chi connectivity index (χ0n) is 8.68. The Labute approximate surface area is 84.1 Å². The van der Waals surface area contributed by atoms with Crippen molar-refractivity contribution in [3.8, 4) is 0 Å². The Morgan fingerprint density at radius 2 is 2.14 bits per heavy atom. The highest BCUT2D eigenvalue weighted by Gasteiger charge is 2.31. The number of halogens is 1. The molecule has 1 aromatic carbocycles. The van der Waals surface area contributed by atoms with E-state index < -0.39 is 0 Å². The summed E-state index contributed by atoms with van der Waals surface area (Å²) in [6.07, 6.45) is 1.73. The van der Waals surface area contributed by atoms with Crippen LogP contribution in [0.2, 0.25) is 0 Å². The van der Waals surface area contributed by atoms with Crippen LogP contribution in [0.5, 0.6) is 0 Å². The van der Waals surface area contributed by atoms with E-state index in [0.29, 0.717) is 0 Å². The molecule has 1 atom stereocenters. The predicted molar refractivity (Wildman–Crippen MR) is 55.4 cm³/mol. The van der Waals surface area contributed by atoms with Crippen LogP contribution in [0.15, 0.2) is 18.2 Å². The van der Waals surface area contributed by atoms with Crippen LogP contribution < -0.4 is 5.73 Å². The van der Waals surface area contributed by atoms with Crippen LogP contribution in [-0.2, 0) is 6.42 Å². The van der Waals surface area contributed by atoms with E-state index in [0.717, 1.165) is 24.0 Å². The zero-order chi connectivity index (χ0) is 10.3. The van der Waals surface area contributed by atoms with Crippen molar-refractivity contribution in [3.05, 3.63) is 35.1 Å². The van der Waals surface area contributed by atoms with Gasteiger partial charge in [-0.3, -0.25) is 0 Å². The SMILES string of the molecule is CC1(C)Cc2c(F)cccc2C(N)C1. The Morgan fingerprint density at radius 1 is 1.43 bits per heavy atom. The first-order valence-electron chi connectivity index (χ1n) is 5.02. The van der Waals surface area contributed by atoms with E-state index in [1.165, 1.54) is 6.07 Å². The summed E-state index contributed by atoms with van der Waals surface area (Å²) in [5.74, 6) is -0.106. The first-order chi connectivity index (χ1) is 6.49. The Hall–Kier alpha value is -0.890.